The normalized spacial score (nSPS) is 12.8. The van der Waals surface area contributed by atoms with Gasteiger partial charge >= 0.3 is 0 Å². The van der Waals surface area contributed by atoms with E-state index in [1.54, 1.807) is 7.11 Å². The van der Waals surface area contributed by atoms with E-state index < -0.39 is 5.60 Å². The predicted octanol–water partition coefficient (Wildman–Crippen LogP) is 7.89. The van der Waals surface area contributed by atoms with E-state index in [1.807, 2.05) is 55.5 Å². The molecule has 0 saturated heterocycles. The third kappa shape index (κ3) is 5.54. The minimum atomic E-state index is -1.04. The molecule has 4 aromatic carbocycles. The van der Waals surface area contributed by atoms with E-state index in [9.17, 15) is 4.79 Å². The molecule has 0 aliphatic heterocycles. The zero-order valence-electron chi connectivity index (χ0n) is 20.8. The molecule has 5 heteroatoms. The third-order valence-electron chi connectivity index (χ3n) is 6.93. The van der Waals surface area contributed by atoms with Crippen molar-refractivity contribution in [2.75, 3.05) is 7.11 Å². The molecule has 0 N–H and O–H groups in total. The van der Waals surface area contributed by atoms with E-state index in [0.29, 0.717) is 5.56 Å². The summed E-state index contributed by atoms with van der Waals surface area (Å²) in [5.74, 6) is -0.0515. The molecule has 0 radical (unpaired) electrons. The molecule has 0 saturated carbocycles. The Balaban J connectivity index is 1.55. The first-order chi connectivity index (χ1) is 17.4. The Morgan fingerprint density at radius 1 is 0.667 bits per heavy atom. The first kappa shape index (κ1) is 26.9. The fraction of sp³-hybridized carbons (Fsp3) is 0.194. The number of rotatable bonds is 9. The molecular formula is C31H33O2P3. The minimum absolute atomic E-state index is 0.0515. The average molecular weight is 531 g/mol. The van der Waals surface area contributed by atoms with Gasteiger partial charge in [0.25, 0.3) is 0 Å². The highest BCUT2D eigenvalue weighted by Crippen LogP contribution is 2.32. The van der Waals surface area contributed by atoms with Crippen LogP contribution in [0.25, 0.3) is 22.3 Å². The molecule has 0 aliphatic carbocycles. The summed E-state index contributed by atoms with van der Waals surface area (Å²) in [6, 6.07) is 31.2. The first-order valence-electron chi connectivity index (χ1n) is 12.1. The molecule has 4 aromatic rings. The molecule has 184 valence electrons. The van der Waals surface area contributed by atoms with Crippen molar-refractivity contribution >= 4 is 33.5 Å². The van der Waals surface area contributed by atoms with Crippen molar-refractivity contribution in [2.45, 2.75) is 31.0 Å². The van der Waals surface area contributed by atoms with Crippen molar-refractivity contribution < 1.29 is 9.53 Å². The maximum atomic E-state index is 13.5. The van der Waals surface area contributed by atoms with E-state index in [0.717, 1.165) is 35.2 Å². The van der Waals surface area contributed by atoms with Crippen LogP contribution in [0.2, 0.25) is 0 Å². The number of hydrogen-bond donors (Lipinski definition) is 0. The number of ketones is 1. The van der Waals surface area contributed by atoms with Gasteiger partial charge in [-0.3, -0.25) is 4.79 Å². The lowest BCUT2D eigenvalue weighted by molar-refractivity contribution is 0.0101. The van der Waals surface area contributed by atoms with Gasteiger partial charge in [-0.2, -0.15) is 0 Å². The molecule has 0 aromatic heterocycles. The van der Waals surface area contributed by atoms with Crippen LogP contribution in [0.15, 0.2) is 91.0 Å². The number of Topliss-reactive ketones (excluding diaryl/α,β-unsaturated/α-hetero) is 1. The van der Waals surface area contributed by atoms with Gasteiger partial charge in [0.05, 0.1) is 0 Å². The van der Waals surface area contributed by atoms with Crippen LogP contribution in [-0.2, 0) is 28.8 Å². The number of ether oxygens (including phenoxy) is 1. The zero-order chi connectivity index (χ0) is 25.7. The van der Waals surface area contributed by atoms with Crippen molar-refractivity contribution in [1.29, 1.82) is 0 Å². The molecule has 0 spiro atoms. The van der Waals surface area contributed by atoms with E-state index in [-0.39, 0.29) is 5.78 Å². The summed E-state index contributed by atoms with van der Waals surface area (Å²) in [7, 11) is 9.95. The summed E-state index contributed by atoms with van der Waals surface area (Å²) in [5, 5.41) is 0. The van der Waals surface area contributed by atoms with Crippen LogP contribution >= 0.6 is 27.7 Å². The van der Waals surface area contributed by atoms with Gasteiger partial charge < -0.3 is 4.74 Å². The second-order valence-corrected chi connectivity index (χ2v) is 10.2. The summed E-state index contributed by atoms with van der Waals surface area (Å²) in [6.45, 7) is 1.84. The number of carbonyl (C=O) groups is 1. The SMILES string of the molecule is COC(C)(C(=O)c1ccc(-c2ccc(-c3ccc(CP)c(CP)c3)cc2)cc1)c1ccc(CP)cc1. The van der Waals surface area contributed by atoms with Crippen molar-refractivity contribution in [3.8, 4) is 22.3 Å². The molecule has 0 heterocycles. The molecule has 2 nitrogen and oxygen atoms in total. The summed E-state index contributed by atoms with van der Waals surface area (Å²) in [4.78, 5) is 13.5. The molecule has 4 atom stereocenters. The first-order valence-corrected chi connectivity index (χ1v) is 14.5. The van der Waals surface area contributed by atoms with Crippen LogP contribution < -0.4 is 0 Å². The fourth-order valence-electron chi connectivity index (χ4n) is 4.44. The Morgan fingerprint density at radius 2 is 1.17 bits per heavy atom. The van der Waals surface area contributed by atoms with Gasteiger partial charge in [0.2, 0.25) is 0 Å². The lowest BCUT2D eigenvalue weighted by Crippen LogP contribution is -2.34. The lowest BCUT2D eigenvalue weighted by atomic mass is 9.86. The van der Waals surface area contributed by atoms with E-state index in [4.69, 9.17) is 4.74 Å². The van der Waals surface area contributed by atoms with Crippen molar-refractivity contribution in [3.05, 3.63) is 119 Å². The molecular weight excluding hydrogens is 497 g/mol. The van der Waals surface area contributed by atoms with Crippen molar-refractivity contribution in [1.82, 2.24) is 0 Å². The lowest BCUT2D eigenvalue weighted by Gasteiger charge is -2.27. The summed E-state index contributed by atoms with van der Waals surface area (Å²) in [5.41, 5.74) is 9.00. The van der Waals surface area contributed by atoms with Gasteiger partial charge in [0.15, 0.2) is 11.4 Å². The monoisotopic (exact) mass is 530 g/mol. The van der Waals surface area contributed by atoms with Crippen molar-refractivity contribution in [2.24, 2.45) is 0 Å². The van der Waals surface area contributed by atoms with Gasteiger partial charge in [0.1, 0.15) is 0 Å². The Morgan fingerprint density at radius 3 is 1.67 bits per heavy atom. The van der Waals surface area contributed by atoms with E-state index in [2.05, 4.69) is 70.2 Å². The van der Waals surface area contributed by atoms with Gasteiger partial charge in [0, 0.05) is 12.7 Å². The quantitative estimate of drug-likeness (QED) is 0.163. The van der Waals surface area contributed by atoms with Gasteiger partial charge in [-0.25, -0.2) is 0 Å². The fourth-order valence-corrected chi connectivity index (χ4v) is 5.49. The molecule has 0 aliphatic rings. The topological polar surface area (TPSA) is 26.3 Å². The van der Waals surface area contributed by atoms with Crippen LogP contribution in [0.5, 0.6) is 0 Å². The number of hydrogen-bond acceptors (Lipinski definition) is 2. The van der Waals surface area contributed by atoms with Crippen LogP contribution in [0, 0.1) is 0 Å². The standard InChI is InChI=1S/C31H33O2P3/c1-31(33-2,29-15-3-21(18-34)4-16-29)30(32)25-11-9-23(10-12-25)22-5-7-24(8-6-22)26-13-14-27(19-35)28(17-26)20-36/h3-17H,18-20,34-36H2,1-2H3. The Kier molecular flexibility index (Phi) is 8.87. The average Bonchev–Trinajstić information content (AvgIpc) is 2.96. The molecule has 0 bridgehead atoms. The summed E-state index contributed by atoms with van der Waals surface area (Å²) >= 11 is 0. The smallest absolute Gasteiger partial charge is 0.198 e. The van der Waals surface area contributed by atoms with Crippen LogP contribution in [0.1, 0.15) is 39.5 Å². The zero-order valence-corrected chi connectivity index (χ0v) is 24.3. The number of benzene rings is 4. The second-order valence-electron chi connectivity index (χ2n) is 9.01. The van der Waals surface area contributed by atoms with Crippen LogP contribution in [-0.4, -0.2) is 12.9 Å². The molecule has 4 rings (SSSR count). The Bertz CT molecular complexity index is 1330. The maximum Gasteiger partial charge on any atom is 0.198 e. The predicted molar refractivity (Wildman–Crippen MR) is 163 cm³/mol. The molecule has 0 fully saturated rings. The minimum Gasteiger partial charge on any atom is -0.366 e. The third-order valence-corrected chi connectivity index (χ3v) is 8.28. The Hall–Kier alpha value is -2.20. The molecule has 36 heavy (non-hydrogen) atoms. The molecule has 0 amide bonds. The van der Waals surface area contributed by atoms with Gasteiger partial charge in [-0.15, -0.1) is 27.7 Å². The highest BCUT2D eigenvalue weighted by Gasteiger charge is 2.35. The molecule has 4 unspecified atom stereocenters. The second kappa shape index (κ2) is 11.9. The highest BCUT2D eigenvalue weighted by molar-refractivity contribution is 7.16. The number of carbonyl (C=O) groups excluding carboxylic acids is 1. The van der Waals surface area contributed by atoms with Gasteiger partial charge in [-0.05, 0) is 69.9 Å². The van der Waals surface area contributed by atoms with Gasteiger partial charge in [-0.1, -0.05) is 91.0 Å². The van der Waals surface area contributed by atoms with Crippen LogP contribution in [0.4, 0.5) is 0 Å². The maximum absolute atomic E-state index is 13.5. The van der Waals surface area contributed by atoms with Crippen molar-refractivity contribution in [3.63, 3.8) is 0 Å². The van der Waals surface area contributed by atoms with Crippen LogP contribution in [0.3, 0.4) is 0 Å². The number of methoxy groups -OCH3 is 1. The Labute approximate surface area is 221 Å². The highest BCUT2D eigenvalue weighted by atomic mass is 31.0. The summed E-state index contributed by atoms with van der Waals surface area (Å²) < 4.78 is 5.76. The largest absolute Gasteiger partial charge is 0.366 e. The van der Waals surface area contributed by atoms with E-state index >= 15 is 0 Å². The van der Waals surface area contributed by atoms with E-state index in [1.165, 1.54) is 27.8 Å². The summed E-state index contributed by atoms with van der Waals surface area (Å²) in [6.07, 6.45) is 2.80.